The smallest absolute Gasteiger partial charge is 0.216 e. The van der Waals surface area contributed by atoms with Gasteiger partial charge in [0.1, 0.15) is 5.82 Å². The summed E-state index contributed by atoms with van der Waals surface area (Å²) < 4.78 is 42.0. The quantitative estimate of drug-likeness (QED) is 0.619. The average Bonchev–Trinajstić information content (AvgIpc) is 2.94. The van der Waals surface area contributed by atoms with Gasteiger partial charge in [-0.1, -0.05) is 30.3 Å². The fourth-order valence-corrected chi connectivity index (χ4v) is 4.19. The van der Waals surface area contributed by atoms with Gasteiger partial charge in [0, 0.05) is 18.3 Å². The maximum Gasteiger partial charge on any atom is 0.216 e. The number of halogens is 1. The van der Waals surface area contributed by atoms with Crippen LogP contribution in [0.4, 0.5) is 4.39 Å². The van der Waals surface area contributed by atoms with Gasteiger partial charge in [-0.3, -0.25) is 4.79 Å². The van der Waals surface area contributed by atoms with Gasteiger partial charge in [-0.15, -0.1) is 0 Å². The molecule has 3 rings (SSSR count). The molecule has 0 bridgehead atoms. The van der Waals surface area contributed by atoms with Crippen LogP contribution in [0.1, 0.15) is 32.9 Å². The molecule has 0 atom stereocenters. The molecule has 1 heterocycles. The topological polar surface area (TPSA) is 68.2 Å². The van der Waals surface area contributed by atoms with E-state index >= 15 is 0 Å². The fourth-order valence-electron chi connectivity index (χ4n) is 3.09. The van der Waals surface area contributed by atoms with Crippen molar-refractivity contribution in [2.45, 2.75) is 19.2 Å². The second kappa shape index (κ2) is 8.08. The Labute approximate surface area is 163 Å². The minimum atomic E-state index is -3.52. The Morgan fingerprint density at radius 1 is 1.07 bits per heavy atom. The lowest BCUT2D eigenvalue weighted by atomic mass is 10.1. The Balaban J connectivity index is 1.76. The third-order valence-electron chi connectivity index (χ3n) is 4.52. The van der Waals surface area contributed by atoms with Crippen LogP contribution in [0.25, 0.3) is 0 Å². The number of nitrogens with zero attached hydrogens (tertiary/aromatic N) is 1. The average molecular weight is 400 g/mol. The zero-order valence-corrected chi connectivity index (χ0v) is 16.5. The summed E-state index contributed by atoms with van der Waals surface area (Å²) in [6.07, 6.45) is 0. The highest BCUT2D eigenvalue weighted by molar-refractivity contribution is 7.88. The molecule has 3 aromatic rings. The van der Waals surface area contributed by atoms with Crippen LogP contribution in [0.3, 0.4) is 0 Å². The van der Waals surface area contributed by atoms with Crippen molar-refractivity contribution in [3.05, 3.63) is 94.6 Å². The van der Waals surface area contributed by atoms with E-state index in [1.54, 1.807) is 48.9 Å². The van der Waals surface area contributed by atoms with Crippen LogP contribution >= 0.6 is 0 Å². The lowest BCUT2D eigenvalue weighted by Gasteiger charge is -2.10. The molecule has 2 aromatic carbocycles. The van der Waals surface area contributed by atoms with Gasteiger partial charge in [0.25, 0.3) is 0 Å². The molecule has 0 aliphatic rings. The standard InChI is InChI=1S/C21H21FN2O3S/c1-15-12-19(13-23-28(26,27)14-16-6-4-3-5-7-16)24(2)20(15)21(25)17-8-10-18(22)11-9-17/h3-12,23H,13-14H2,1-2H3. The Morgan fingerprint density at radius 2 is 1.71 bits per heavy atom. The van der Waals surface area contributed by atoms with Crippen LogP contribution in [0.2, 0.25) is 0 Å². The van der Waals surface area contributed by atoms with Crippen molar-refractivity contribution in [1.29, 1.82) is 0 Å². The summed E-state index contributed by atoms with van der Waals surface area (Å²) >= 11 is 0. The third kappa shape index (κ3) is 4.55. The summed E-state index contributed by atoms with van der Waals surface area (Å²) in [5, 5.41) is 0. The van der Waals surface area contributed by atoms with E-state index in [0.717, 1.165) is 5.56 Å². The number of ketones is 1. The third-order valence-corrected chi connectivity index (χ3v) is 5.81. The summed E-state index contributed by atoms with van der Waals surface area (Å²) in [5.74, 6) is -0.759. The summed E-state index contributed by atoms with van der Waals surface area (Å²) in [5.41, 5.74) is 2.92. The van der Waals surface area contributed by atoms with E-state index < -0.39 is 15.8 Å². The SMILES string of the molecule is Cc1cc(CNS(=O)(=O)Cc2ccccc2)n(C)c1C(=O)c1ccc(F)cc1. The predicted molar refractivity (Wildman–Crippen MR) is 106 cm³/mol. The molecule has 0 aliphatic heterocycles. The zero-order chi connectivity index (χ0) is 20.3. The highest BCUT2D eigenvalue weighted by Gasteiger charge is 2.20. The molecular weight excluding hydrogens is 379 g/mol. The molecule has 1 N–H and O–H groups in total. The monoisotopic (exact) mass is 400 g/mol. The predicted octanol–water partition coefficient (Wildman–Crippen LogP) is 3.32. The molecule has 146 valence electrons. The van der Waals surface area contributed by atoms with E-state index in [9.17, 15) is 17.6 Å². The van der Waals surface area contributed by atoms with E-state index in [-0.39, 0.29) is 18.1 Å². The first-order chi connectivity index (χ1) is 13.3. The largest absolute Gasteiger partial charge is 0.343 e. The number of carbonyl (C=O) groups excluding carboxylic acids is 1. The lowest BCUT2D eigenvalue weighted by Crippen LogP contribution is -2.26. The van der Waals surface area contributed by atoms with E-state index in [0.29, 0.717) is 22.5 Å². The highest BCUT2D eigenvalue weighted by atomic mass is 32.2. The van der Waals surface area contributed by atoms with E-state index in [4.69, 9.17) is 0 Å². The van der Waals surface area contributed by atoms with Gasteiger partial charge >= 0.3 is 0 Å². The van der Waals surface area contributed by atoms with Crippen molar-refractivity contribution in [3.8, 4) is 0 Å². The Morgan fingerprint density at radius 3 is 2.36 bits per heavy atom. The maximum absolute atomic E-state index is 13.1. The second-order valence-electron chi connectivity index (χ2n) is 6.63. The number of aryl methyl sites for hydroxylation is 1. The van der Waals surface area contributed by atoms with Crippen molar-refractivity contribution >= 4 is 15.8 Å². The molecule has 28 heavy (non-hydrogen) atoms. The highest BCUT2D eigenvalue weighted by Crippen LogP contribution is 2.19. The molecule has 1 aromatic heterocycles. The van der Waals surface area contributed by atoms with E-state index in [1.165, 1.54) is 24.3 Å². The van der Waals surface area contributed by atoms with Crippen molar-refractivity contribution in [3.63, 3.8) is 0 Å². The number of carbonyl (C=O) groups is 1. The minimum absolute atomic E-state index is 0.0726. The number of hydrogen-bond donors (Lipinski definition) is 1. The van der Waals surface area contributed by atoms with Crippen LogP contribution < -0.4 is 4.72 Å². The van der Waals surface area contributed by atoms with Crippen molar-refractivity contribution < 1.29 is 17.6 Å². The van der Waals surface area contributed by atoms with Gasteiger partial charge < -0.3 is 4.57 Å². The molecule has 0 unspecified atom stereocenters. The van der Waals surface area contributed by atoms with Crippen LogP contribution in [-0.2, 0) is 29.4 Å². The Hall–Kier alpha value is -2.77. The summed E-state index contributed by atoms with van der Waals surface area (Å²) in [6.45, 7) is 1.86. The Bertz CT molecular complexity index is 1090. The van der Waals surface area contributed by atoms with Crippen molar-refractivity contribution in [2.24, 2.45) is 7.05 Å². The molecule has 7 heteroatoms. The number of rotatable bonds is 7. The van der Waals surface area contributed by atoms with E-state index in [1.807, 2.05) is 6.07 Å². The summed E-state index contributed by atoms with van der Waals surface area (Å²) in [4.78, 5) is 12.8. The van der Waals surface area contributed by atoms with Crippen LogP contribution in [0.15, 0.2) is 60.7 Å². The first-order valence-electron chi connectivity index (χ1n) is 8.73. The van der Waals surface area contributed by atoms with Crippen LogP contribution in [0, 0.1) is 12.7 Å². The molecule has 0 spiro atoms. The van der Waals surface area contributed by atoms with Crippen molar-refractivity contribution in [2.75, 3.05) is 0 Å². The number of sulfonamides is 1. The van der Waals surface area contributed by atoms with Gasteiger partial charge in [0.2, 0.25) is 15.8 Å². The number of nitrogens with one attached hydrogen (secondary N) is 1. The van der Waals surface area contributed by atoms with Gasteiger partial charge in [-0.25, -0.2) is 17.5 Å². The number of aromatic nitrogens is 1. The zero-order valence-electron chi connectivity index (χ0n) is 15.6. The fraction of sp³-hybridized carbons (Fsp3) is 0.190. The lowest BCUT2D eigenvalue weighted by molar-refractivity contribution is 0.103. The number of benzene rings is 2. The molecular formula is C21H21FN2O3S. The molecule has 0 fully saturated rings. The molecule has 0 aliphatic carbocycles. The molecule has 0 saturated heterocycles. The Kier molecular flexibility index (Phi) is 5.76. The summed E-state index contributed by atoms with van der Waals surface area (Å²) in [6, 6.07) is 16.1. The molecule has 5 nitrogen and oxygen atoms in total. The minimum Gasteiger partial charge on any atom is -0.343 e. The molecule has 0 radical (unpaired) electrons. The normalized spacial score (nSPS) is 11.5. The van der Waals surface area contributed by atoms with Gasteiger partial charge in [0.05, 0.1) is 18.0 Å². The first-order valence-corrected chi connectivity index (χ1v) is 10.4. The molecule has 0 saturated carbocycles. The second-order valence-corrected chi connectivity index (χ2v) is 8.43. The van der Waals surface area contributed by atoms with Crippen molar-refractivity contribution in [1.82, 2.24) is 9.29 Å². The van der Waals surface area contributed by atoms with Crippen LogP contribution in [0.5, 0.6) is 0 Å². The van der Waals surface area contributed by atoms with Gasteiger partial charge in [-0.2, -0.15) is 0 Å². The summed E-state index contributed by atoms with van der Waals surface area (Å²) in [7, 11) is -1.81. The van der Waals surface area contributed by atoms with Gasteiger partial charge in [-0.05, 0) is 48.4 Å². The first kappa shape index (κ1) is 20.0. The molecule has 0 amide bonds. The van der Waals surface area contributed by atoms with Crippen LogP contribution in [-0.4, -0.2) is 18.8 Å². The number of hydrogen-bond acceptors (Lipinski definition) is 3. The van der Waals surface area contributed by atoms with Gasteiger partial charge in [0.15, 0.2) is 0 Å². The maximum atomic E-state index is 13.1. The van der Waals surface area contributed by atoms with E-state index in [2.05, 4.69) is 4.72 Å².